The van der Waals surface area contributed by atoms with Crippen LogP contribution < -0.4 is 5.32 Å². The van der Waals surface area contributed by atoms with E-state index in [0.717, 1.165) is 42.0 Å². The van der Waals surface area contributed by atoms with Gasteiger partial charge in [0.25, 0.3) is 0 Å². The van der Waals surface area contributed by atoms with Crippen LogP contribution in [0.1, 0.15) is 18.4 Å². The van der Waals surface area contributed by atoms with E-state index in [0.29, 0.717) is 17.3 Å². The van der Waals surface area contributed by atoms with E-state index in [1.165, 1.54) is 6.42 Å². The zero-order valence-corrected chi connectivity index (χ0v) is 16.4. The highest BCUT2D eigenvalue weighted by Crippen LogP contribution is 2.34. The molecule has 1 aromatic heterocycles. The van der Waals surface area contributed by atoms with Gasteiger partial charge in [0.15, 0.2) is 0 Å². The number of rotatable bonds is 4. The first kappa shape index (κ1) is 18.4. The number of phenolic OH excluding ortho intramolecular Hbond substituents is 1. The lowest BCUT2D eigenvalue weighted by Gasteiger charge is -2.30. The van der Waals surface area contributed by atoms with Crippen LogP contribution in [-0.2, 0) is 0 Å². The fourth-order valence-electron chi connectivity index (χ4n) is 3.86. The molecule has 0 saturated carbocycles. The van der Waals surface area contributed by atoms with Gasteiger partial charge in [-0.3, -0.25) is 0 Å². The van der Waals surface area contributed by atoms with E-state index < -0.39 is 0 Å². The predicted molar refractivity (Wildman–Crippen MR) is 113 cm³/mol. The molecule has 5 heteroatoms. The first-order chi connectivity index (χ1) is 13.6. The van der Waals surface area contributed by atoms with Gasteiger partial charge in [-0.1, -0.05) is 36.4 Å². The SMILES string of the molecule is Cc1cc(NC2CCCN(C)C2)nnc1-c1ccc(-c2ccccc2)cc1O. The number of aryl methyl sites for hydroxylation is 1. The summed E-state index contributed by atoms with van der Waals surface area (Å²) in [5.41, 5.74) is 4.46. The summed E-state index contributed by atoms with van der Waals surface area (Å²) in [6, 6.07) is 18.2. The van der Waals surface area contributed by atoms with E-state index in [1.54, 1.807) is 6.07 Å². The van der Waals surface area contributed by atoms with Gasteiger partial charge in [0, 0.05) is 18.2 Å². The molecule has 2 N–H and O–H groups in total. The summed E-state index contributed by atoms with van der Waals surface area (Å²) in [4.78, 5) is 2.34. The van der Waals surface area contributed by atoms with Crippen molar-refractivity contribution in [2.24, 2.45) is 0 Å². The summed E-state index contributed by atoms with van der Waals surface area (Å²) in [5.74, 6) is 1.01. The Labute approximate surface area is 166 Å². The van der Waals surface area contributed by atoms with Gasteiger partial charge in [0.1, 0.15) is 11.6 Å². The zero-order valence-electron chi connectivity index (χ0n) is 16.4. The molecule has 5 nitrogen and oxygen atoms in total. The standard InChI is InChI=1S/C23H26N4O/c1-16-13-22(24-19-9-6-12-27(2)15-19)25-26-23(16)20-11-10-18(14-21(20)28)17-7-4-3-5-8-17/h3-5,7-8,10-11,13-14,19,28H,6,9,12,15H2,1-2H3,(H,24,25). The van der Waals surface area contributed by atoms with E-state index in [1.807, 2.05) is 55.5 Å². The minimum Gasteiger partial charge on any atom is -0.507 e. The van der Waals surface area contributed by atoms with Crippen molar-refractivity contribution in [3.8, 4) is 28.1 Å². The average molecular weight is 374 g/mol. The van der Waals surface area contributed by atoms with Crippen LogP contribution in [0.25, 0.3) is 22.4 Å². The number of benzene rings is 2. The first-order valence-electron chi connectivity index (χ1n) is 9.78. The van der Waals surface area contributed by atoms with Gasteiger partial charge in [-0.15, -0.1) is 10.2 Å². The number of anilines is 1. The second kappa shape index (κ2) is 7.98. The molecule has 1 aliphatic rings. The molecular formula is C23H26N4O. The molecule has 1 unspecified atom stereocenters. The van der Waals surface area contributed by atoms with E-state index in [9.17, 15) is 5.11 Å². The molecule has 1 aliphatic heterocycles. The van der Waals surface area contributed by atoms with E-state index in [4.69, 9.17) is 0 Å². The van der Waals surface area contributed by atoms with E-state index >= 15 is 0 Å². The van der Waals surface area contributed by atoms with Crippen LogP contribution in [0, 0.1) is 6.92 Å². The van der Waals surface area contributed by atoms with Crippen molar-refractivity contribution < 1.29 is 5.11 Å². The van der Waals surface area contributed by atoms with Crippen LogP contribution in [0.15, 0.2) is 54.6 Å². The van der Waals surface area contributed by atoms with Gasteiger partial charge in [-0.05, 0) is 68.2 Å². The Kier molecular flexibility index (Phi) is 5.26. The summed E-state index contributed by atoms with van der Waals surface area (Å²) in [5, 5.41) is 22.9. The van der Waals surface area contributed by atoms with Gasteiger partial charge in [0.2, 0.25) is 0 Å². The molecular weight excluding hydrogens is 348 g/mol. The van der Waals surface area contributed by atoms with Crippen LogP contribution in [0.2, 0.25) is 0 Å². The highest BCUT2D eigenvalue weighted by atomic mass is 16.3. The molecule has 3 aromatic rings. The van der Waals surface area contributed by atoms with Crippen LogP contribution in [-0.4, -0.2) is 46.4 Å². The summed E-state index contributed by atoms with van der Waals surface area (Å²) in [6.07, 6.45) is 2.34. The Bertz CT molecular complexity index is 958. The van der Waals surface area contributed by atoms with E-state index in [2.05, 4.69) is 27.5 Å². The third-order valence-corrected chi connectivity index (χ3v) is 5.32. The quantitative estimate of drug-likeness (QED) is 0.712. The Hall–Kier alpha value is -2.92. The molecule has 1 atom stereocenters. The monoisotopic (exact) mass is 374 g/mol. The Balaban J connectivity index is 1.56. The predicted octanol–water partition coefficient (Wildman–Crippen LogP) is 4.33. The molecule has 0 aliphatic carbocycles. The lowest BCUT2D eigenvalue weighted by Crippen LogP contribution is -2.39. The number of aromatic hydroxyl groups is 1. The number of nitrogens with one attached hydrogen (secondary N) is 1. The summed E-state index contributed by atoms with van der Waals surface area (Å²) < 4.78 is 0. The zero-order chi connectivity index (χ0) is 19.5. The van der Waals surface area contributed by atoms with Gasteiger partial charge in [0.05, 0.1) is 5.69 Å². The van der Waals surface area contributed by atoms with Crippen molar-refractivity contribution in [2.45, 2.75) is 25.8 Å². The van der Waals surface area contributed by atoms with Crippen molar-refractivity contribution >= 4 is 5.82 Å². The fourth-order valence-corrected chi connectivity index (χ4v) is 3.86. The smallest absolute Gasteiger partial charge is 0.149 e. The largest absolute Gasteiger partial charge is 0.507 e. The number of hydrogen-bond donors (Lipinski definition) is 2. The second-order valence-corrected chi connectivity index (χ2v) is 7.60. The first-order valence-corrected chi connectivity index (χ1v) is 9.78. The Morgan fingerprint density at radius 2 is 1.86 bits per heavy atom. The highest BCUT2D eigenvalue weighted by Gasteiger charge is 2.18. The normalized spacial score (nSPS) is 17.4. The average Bonchev–Trinajstić information content (AvgIpc) is 2.69. The van der Waals surface area contributed by atoms with Crippen LogP contribution in [0.4, 0.5) is 5.82 Å². The number of hydrogen-bond acceptors (Lipinski definition) is 5. The van der Waals surface area contributed by atoms with Crippen molar-refractivity contribution in [3.05, 3.63) is 60.2 Å². The van der Waals surface area contributed by atoms with Gasteiger partial charge in [-0.25, -0.2) is 0 Å². The van der Waals surface area contributed by atoms with Crippen molar-refractivity contribution in [3.63, 3.8) is 0 Å². The number of piperidine rings is 1. The fraction of sp³-hybridized carbons (Fsp3) is 0.304. The molecule has 144 valence electrons. The molecule has 0 amide bonds. The second-order valence-electron chi connectivity index (χ2n) is 7.60. The van der Waals surface area contributed by atoms with Crippen LogP contribution in [0.5, 0.6) is 5.75 Å². The van der Waals surface area contributed by atoms with Gasteiger partial charge < -0.3 is 15.3 Å². The minimum absolute atomic E-state index is 0.216. The molecule has 4 rings (SSSR count). The number of nitrogens with zero attached hydrogens (tertiary/aromatic N) is 3. The van der Waals surface area contributed by atoms with Crippen molar-refractivity contribution in [2.75, 3.05) is 25.5 Å². The van der Waals surface area contributed by atoms with Crippen molar-refractivity contribution in [1.29, 1.82) is 0 Å². The maximum atomic E-state index is 10.6. The van der Waals surface area contributed by atoms with Crippen molar-refractivity contribution in [1.82, 2.24) is 15.1 Å². The third kappa shape index (κ3) is 3.99. The molecule has 0 radical (unpaired) electrons. The molecule has 0 bridgehead atoms. The summed E-state index contributed by atoms with van der Waals surface area (Å²) >= 11 is 0. The van der Waals surface area contributed by atoms with Gasteiger partial charge in [-0.2, -0.15) is 0 Å². The summed E-state index contributed by atoms with van der Waals surface area (Å²) in [6.45, 7) is 4.18. The maximum absolute atomic E-state index is 10.6. The lowest BCUT2D eigenvalue weighted by atomic mass is 10.00. The molecule has 1 saturated heterocycles. The molecule has 28 heavy (non-hydrogen) atoms. The Morgan fingerprint density at radius 1 is 1.04 bits per heavy atom. The van der Waals surface area contributed by atoms with Crippen LogP contribution in [0.3, 0.4) is 0 Å². The minimum atomic E-state index is 0.216. The topological polar surface area (TPSA) is 61.3 Å². The lowest BCUT2D eigenvalue weighted by molar-refractivity contribution is 0.260. The molecule has 2 aromatic carbocycles. The van der Waals surface area contributed by atoms with E-state index in [-0.39, 0.29) is 5.75 Å². The third-order valence-electron chi connectivity index (χ3n) is 5.32. The molecule has 0 spiro atoms. The number of phenols is 1. The molecule has 1 fully saturated rings. The Morgan fingerprint density at radius 3 is 2.57 bits per heavy atom. The number of likely N-dealkylation sites (N-methyl/N-ethyl adjacent to an activating group) is 1. The maximum Gasteiger partial charge on any atom is 0.149 e. The van der Waals surface area contributed by atoms with Gasteiger partial charge >= 0.3 is 0 Å². The molecule has 2 heterocycles. The number of aromatic nitrogens is 2. The number of likely N-dealkylation sites (tertiary alicyclic amines) is 1. The highest BCUT2D eigenvalue weighted by molar-refractivity contribution is 5.75. The summed E-state index contributed by atoms with van der Waals surface area (Å²) in [7, 11) is 2.15. The van der Waals surface area contributed by atoms with Crippen LogP contribution >= 0.6 is 0 Å².